The highest BCUT2D eigenvalue weighted by Crippen LogP contribution is 2.39. The molecular weight excluding hydrogens is 400 g/mol. The summed E-state index contributed by atoms with van der Waals surface area (Å²) >= 11 is 0. The molecule has 0 bridgehead atoms. The number of methoxy groups -OCH3 is 1. The van der Waals surface area contributed by atoms with Crippen molar-refractivity contribution in [2.75, 3.05) is 33.4 Å². The van der Waals surface area contributed by atoms with Crippen LogP contribution in [0.2, 0.25) is 0 Å². The minimum atomic E-state index is 0.683. The molecule has 4 heterocycles. The number of rotatable bonds is 8. The Kier molecular flexibility index (Phi) is 5.95. The van der Waals surface area contributed by atoms with Crippen molar-refractivity contribution < 1.29 is 9.47 Å². The van der Waals surface area contributed by atoms with Crippen molar-refractivity contribution in [1.29, 1.82) is 0 Å². The van der Waals surface area contributed by atoms with Gasteiger partial charge in [-0.05, 0) is 63.0 Å². The first-order valence-corrected chi connectivity index (χ1v) is 11.6. The minimum absolute atomic E-state index is 0.683. The first-order valence-electron chi connectivity index (χ1n) is 11.6. The van der Waals surface area contributed by atoms with Crippen molar-refractivity contribution in [1.82, 2.24) is 19.9 Å². The second-order valence-electron chi connectivity index (χ2n) is 8.40. The van der Waals surface area contributed by atoms with Crippen molar-refractivity contribution in [3.05, 3.63) is 48.4 Å². The molecule has 1 aromatic carbocycles. The number of pyridine rings is 2. The molecule has 0 atom stereocenters. The van der Waals surface area contributed by atoms with Gasteiger partial charge >= 0.3 is 0 Å². The van der Waals surface area contributed by atoms with E-state index in [0.29, 0.717) is 6.61 Å². The summed E-state index contributed by atoms with van der Waals surface area (Å²) in [6.07, 6.45) is 8.27. The van der Waals surface area contributed by atoms with Gasteiger partial charge in [0.2, 0.25) is 0 Å². The van der Waals surface area contributed by atoms with Crippen LogP contribution in [0.3, 0.4) is 0 Å². The molecule has 32 heavy (non-hydrogen) atoms. The van der Waals surface area contributed by atoms with E-state index in [9.17, 15) is 0 Å². The van der Waals surface area contributed by atoms with E-state index in [4.69, 9.17) is 14.5 Å². The van der Waals surface area contributed by atoms with E-state index in [2.05, 4.69) is 40.0 Å². The SMILES string of the molecule is CCc1cc(-c2nccc3[nH]c4cc(OCCCN5CCCC5)c(OC)cc4c23)ccn1. The van der Waals surface area contributed by atoms with Crippen LogP contribution >= 0.6 is 0 Å². The summed E-state index contributed by atoms with van der Waals surface area (Å²) in [5.41, 5.74) is 5.16. The monoisotopic (exact) mass is 430 g/mol. The Morgan fingerprint density at radius 1 is 1.00 bits per heavy atom. The molecule has 0 saturated carbocycles. The first-order chi connectivity index (χ1) is 15.8. The number of nitrogens with one attached hydrogen (secondary N) is 1. The van der Waals surface area contributed by atoms with Gasteiger partial charge in [-0.3, -0.25) is 9.97 Å². The molecular formula is C26H30N4O2. The number of hydrogen-bond donors (Lipinski definition) is 1. The summed E-state index contributed by atoms with van der Waals surface area (Å²) in [4.78, 5) is 15.2. The second-order valence-corrected chi connectivity index (χ2v) is 8.40. The number of ether oxygens (including phenoxy) is 2. The largest absolute Gasteiger partial charge is 0.493 e. The molecule has 0 unspecified atom stereocenters. The third kappa shape index (κ3) is 4.02. The highest BCUT2D eigenvalue weighted by Gasteiger charge is 2.16. The average molecular weight is 431 g/mol. The zero-order valence-corrected chi connectivity index (χ0v) is 18.9. The third-order valence-corrected chi connectivity index (χ3v) is 6.32. The molecule has 1 aliphatic rings. The molecule has 1 saturated heterocycles. The number of likely N-dealkylation sites (tertiary alicyclic amines) is 1. The fourth-order valence-electron chi connectivity index (χ4n) is 4.64. The van der Waals surface area contributed by atoms with Gasteiger partial charge < -0.3 is 19.4 Å². The van der Waals surface area contributed by atoms with Gasteiger partial charge in [-0.2, -0.15) is 0 Å². The predicted molar refractivity (Wildman–Crippen MR) is 129 cm³/mol. The lowest BCUT2D eigenvalue weighted by Crippen LogP contribution is -2.21. The number of nitrogens with zero attached hydrogens (tertiary/aromatic N) is 3. The summed E-state index contributed by atoms with van der Waals surface area (Å²) in [5.74, 6) is 1.53. The van der Waals surface area contributed by atoms with Crippen LogP contribution in [0.15, 0.2) is 42.7 Å². The molecule has 1 N–H and O–H groups in total. The lowest BCUT2D eigenvalue weighted by molar-refractivity contribution is 0.254. The second kappa shape index (κ2) is 9.17. The maximum atomic E-state index is 6.14. The molecule has 6 nitrogen and oxygen atoms in total. The van der Waals surface area contributed by atoms with E-state index in [-0.39, 0.29) is 0 Å². The van der Waals surface area contributed by atoms with Crippen LogP contribution in [0.4, 0.5) is 0 Å². The number of H-pyrrole nitrogens is 1. The standard InChI is InChI=1S/C26H30N4O2/c1-3-19-15-18(7-9-27-19)26-25-20-16-23(31-2)24(17-22(20)29-21(25)8-10-28-26)32-14-6-13-30-11-4-5-12-30/h7-10,15-17,29H,3-6,11-14H2,1-2H3. The van der Waals surface area contributed by atoms with E-state index in [1.807, 2.05) is 24.5 Å². The summed E-state index contributed by atoms with van der Waals surface area (Å²) in [5, 5.41) is 2.17. The molecule has 1 aliphatic heterocycles. The summed E-state index contributed by atoms with van der Waals surface area (Å²) in [6, 6.07) is 10.3. The minimum Gasteiger partial charge on any atom is -0.493 e. The van der Waals surface area contributed by atoms with Gasteiger partial charge in [0.05, 0.1) is 30.4 Å². The predicted octanol–water partition coefficient (Wildman–Crippen LogP) is 5.21. The van der Waals surface area contributed by atoms with Gasteiger partial charge in [0, 0.05) is 47.0 Å². The molecule has 1 fully saturated rings. The van der Waals surface area contributed by atoms with Gasteiger partial charge in [0.15, 0.2) is 11.5 Å². The fourth-order valence-corrected chi connectivity index (χ4v) is 4.64. The van der Waals surface area contributed by atoms with Crippen LogP contribution < -0.4 is 9.47 Å². The Hall–Kier alpha value is -3.12. The Morgan fingerprint density at radius 3 is 2.66 bits per heavy atom. The van der Waals surface area contributed by atoms with Crippen molar-refractivity contribution in [3.8, 4) is 22.8 Å². The van der Waals surface area contributed by atoms with Gasteiger partial charge in [-0.1, -0.05) is 6.92 Å². The van der Waals surface area contributed by atoms with E-state index in [1.54, 1.807) is 7.11 Å². The molecule has 6 heteroatoms. The molecule has 0 aliphatic carbocycles. The number of aromatic nitrogens is 3. The molecule has 0 spiro atoms. The quantitative estimate of drug-likeness (QED) is 0.389. The number of fused-ring (bicyclic) bond motifs is 3. The van der Waals surface area contributed by atoms with Crippen molar-refractivity contribution in [2.24, 2.45) is 0 Å². The summed E-state index contributed by atoms with van der Waals surface area (Å²) in [7, 11) is 1.70. The summed E-state index contributed by atoms with van der Waals surface area (Å²) < 4.78 is 11.8. The van der Waals surface area contributed by atoms with Crippen LogP contribution in [-0.4, -0.2) is 53.2 Å². The lowest BCUT2D eigenvalue weighted by atomic mass is 10.0. The third-order valence-electron chi connectivity index (χ3n) is 6.32. The highest BCUT2D eigenvalue weighted by atomic mass is 16.5. The molecule has 4 aromatic rings. The first kappa shape index (κ1) is 20.8. The van der Waals surface area contributed by atoms with E-state index in [0.717, 1.165) is 69.6 Å². The van der Waals surface area contributed by atoms with Gasteiger partial charge in [-0.15, -0.1) is 0 Å². The summed E-state index contributed by atoms with van der Waals surface area (Å²) in [6.45, 7) is 6.33. The molecule has 166 valence electrons. The number of aromatic amines is 1. The van der Waals surface area contributed by atoms with E-state index >= 15 is 0 Å². The van der Waals surface area contributed by atoms with E-state index < -0.39 is 0 Å². The van der Waals surface area contributed by atoms with Crippen LogP contribution in [-0.2, 0) is 6.42 Å². The molecule has 3 aromatic heterocycles. The lowest BCUT2D eigenvalue weighted by Gasteiger charge is -2.15. The maximum absolute atomic E-state index is 6.14. The Morgan fingerprint density at radius 2 is 1.84 bits per heavy atom. The Labute approximate surface area is 188 Å². The van der Waals surface area contributed by atoms with E-state index in [1.165, 1.54) is 25.9 Å². The average Bonchev–Trinajstić information content (AvgIpc) is 3.48. The maximum Gasteiger partial charge on any atom is 0.163 e. The Bertz CT molecular complexity index is 1230. The number of aryl methyl sites for hydroxylation is 1. The van der Waals surface area contributed by atoms with Crippen molar-refractivity contribution >= 4 is 21.8 Å². The molecule has 5 rings (SSSR count). The van der Waals surface area contributed by atoms with Crippen LogP contribution in [0.25, 0.3) is 33.1 Å². The normalized spacial score (nSPS) is 14.4. The van der Waals surface area contributed by atoms with Gasteiger partial charge in [-0.25, -0.2) is 0 Å². The van der Waals surface area contributed by atoms with Crippen LogP contribution in [0, 0.1) is 0 Å². The van der Waals surface area contributed by atoms with Crippen LogP contribution in [0.1, 0.15) is 31.9 Å². The zero-order chi connectivity index (χ0) is 21.9. The molecule has 0 amide bonds. The Balaban J connectivity index is 1.48. The zero-order valence-electron chi connectivity index (χ0n) is 18.9. The smallest absolute Gasteiger partial charge is 0.163 e. The van der Waals surface area contributed by atoms with Crippen LogP contribution in [0.5, 0.6) is 11.5 Å². The molecule has 0 radical (unpaired) electrons. The number of benzene rings is 1. The topological polar surface area (TPSA) is 63.3 Å². The van der Waals surface area contributed by atoms with Crippen molar-refractivity contribution in [2.45, 2.75) is 32.6 Å². The fraction of sp³-hybridized carbons (Fsp3) is 0.385. The van der Waals surface area contributed by atoms with Gasteiger partial charge in [0.25, 0.3) is 0 Å². The van der Waals surface area contributed by atoms with Crippen molar-refractivity contribution in [3.63, 3.8) is 0 Å². The van der Waals surface area contributed by atoms with Gasteiger partial charge in [0.1, 0.15) is 0 Å². The highest BCUT2D eigenvalue weighted by molar-refractivity contribution is 6.13. The number of hydrogen-bond acceptors (Lipinski definition) is 5.